The Morgan fingerprint density at radius 3 is 2.40 bits per heavy atom. The second-order valence-corrected chi connectivity index (χ2v) is 5.88. The first kappa shape index (κ1) is 18.6. The van der Waals surface area contributed by atoms with Crippen LogP contribution in [-0.2, 0) is 4.74 Å². The molecule has 2 rings (SSSR count). The van der Waals surface area contributed by atoms with Gasteiger partial charge in [-0.15, -0.1) is 0 Å². The minimum atomic E-state index is -0.968. The van der Waals surface area contributed by atoms with E-state index in [1.165, 1.54) is 18.1 Å². The maximum absolute atomic E-state index is 13.4. The lowest BCUT2D eigenvalue weighted by Gasteiger charge is -2.25. The lowest BCUT2D eigenvalue weighted by molar-refractivity contribution is 0.0599. The Morgan fingerprint density at radius 1 is 1.20 bits per heavy atom. The summed E-state index contributed by atoms with van der Waals surface area (Å²) < 4.78 is 31.3. The van der Waals surface area contributed by atoms with Crippen molar-refractivity contribution in [2.24, 2.45) is 0 Å². The Kier molecular flexibility index (Phi) is 5.25. The Balaban J connectivity index is 2.33. The van der Waals surface area contributed by atoms with Crippen LogP contribution >= 0.6 is 0 Å². The van der Waals surface area contributed by atoms with Crippen LogP contribution in [0.2, 0.25) is 0 Å². The van der Waals surface area contributed by atoms with Crippen LogP contribution < -0.4 is 0 Å². The van der Waals surface area contributed by atoms with Crippen molar-refractivity contribution in [3.05, 3.63) is 57.9 Å². The van der Waals surface area contributed by atoms with Crippen LogP contribution in [0.25, 0.3) is 0 Å². The van der Waals surface area contributed by atoms with Crippen molar-refractivity contribution in [3.63, 3.8) is 0 Å². The molecule has 25 heavy (non-hydrogen) atoms. The zero-order chi connectivity index (χ0) is 18.9. The highest BCUT2D eigenvalue weighted by Gasteiger charge is 2.27. The molecular weight excluding hydrogens is 330 g/mol. The highest BCUT2D eigenvalue weighted by atomic mass is 19.2. The third-order valence-electron chi connectivity index (χ3n) is 4.37. The van der Waals surface area contributed by atoms with Crippen molar-refractivity contribution in [1.82, 2.24) is 9.88 Å². The van der Waals surface area contributed by atoms with Gasteiger partial charge in [0.05, 0.1) is 18.7 Å². The highest BCUT2D eigenvalue weighted by Crippen LogP contribution is 2.25. The molecule has 5 nitrogen and oxygen atoms in total. The first-order valence-corrected chi connectivity index (χ1v) is 7.68. The Labute approximate surface area is 144 Å². The van der Waals surface area contributed by atoms with Gasteiger partial charge in [0, 0.05) is 12.7 Å². The van der Waals surface area contributed by atoms with Gasteiger partial charge in [-0.1, -0.05) is 6.07 Å². The molecule has 2 aromatic rings. The summed E-state index contributed by atoms with van der Waals surface area (Å²) in [6, 6.07) is 3.03. The van der Waals surface area contributed by atoms with Gasteiger partial charge in [-0.25, -0.2) is 13.6 Å². The largest absolute Gasteiger partial charge is 0.465 e. The molecule has 0 saturated heterocycles. The van der Waals surface area contributed by atoms with E-state index in [0.717, 1.165) is 12.1 Å². The fourth-order valence-corrected chi connectivity index (χ4v) is 2.72. The molecule has 0 bridgehead atoms. The SMILES string of the molecule is COC(=O)c1c(C)[nH]c(C(=O)N(C)C(C)c2ccc(F)c(F)c2)c1C. The van der Waals surface area contributed by atoms with Gasteiger partial charge in [0.2, 0.25) is 0 Å². The number of carbonyl (C=O) groups excluding carboxylic acids is 2. The quantitative estimate of drug-likeness (QED) is 0.858. The topological polar surface area (TPSA) is 62.4 Å². The first-order chi connectivity index (χ1) is 11.7. The number of amides is 1. The summed E-state index contributed by atoms with van der Waals surface area (Å²) in [6.07, 6.45) is 0. The van der Waals surface area contributed by atoms with E-state index in [4.69, 9.17) is 4.74 Å². The number of aryl methyl sites for hydroxylation is 1. The van der Waals surface area contributed by atoms with Crippen molar-refractivity contribution < 1.29 is 23.1 Å². The summed E-state index contributed by atoms with van der Waals surface area (Å²) in [5, 5.41) is 0. The van der Waals surface area contributed by atoms with Gasteiger partial charge in [-0.2, -0.15) is 0 Å². The van der Waals surface area contributed by atoms with E-state index < -0.39 is 23.6 Å². The van der Waals surface area contributed by atoms with Crippen LogP contribution in [-0.4, -0.2) is 35.9 Å². The van der Waals surface area contributed by atoms with E-state index >= 15 is 0 Å². The predicted molar refractivity (Wildman–Crippen MR) is 88.5 cm³/mol. The molecule has 0 aliphatic heterocycles. The summed E-state index contributed by atoms with van der Waals surface area (Å²) in [5.41, 5.74) is 2.05. The monoisotopic (exact) mass is 350 g/mol. The molecule has 0 fully saturated rings. The van der Waals surface area contributed by atoms with Gasteiger partial charge in [0.15, 0.2) is 11.6 Å². The number of halogens is 2. The van der Waals surface area contributed by atoms with Crippen molar-refractivity contribution in [3.8, 4) is 0 Å². The van der Waals surface area contributed by atoms with E-state index in [9.17, 15) is 18.4 Å². The number of nitrogens with zero attached hydrogens (tertiary/aromatic N) is 1. The molecule has 1 heterocycles. The first-order valence-electron chi connectivity index (χ1n) is 7.68. The number of nitrogens with one attached hydrogen (secondary N) is 1. The van der Waals surface area contributed by atoms with Gasteiger partial charge in [-0.3, -0.25) is 4.79 Å². The number of aromatic amines is 1. The Morgan fingerprint density at radius 2 is 1.84 bits per heavy atom. The van der Waals surface area contributed by atoms with Crippen LogP contribution in [0.5, 0.6) is 0 Å². The van der Waals surface area contributed by atoms with Crippen LogP contribution in [0.15, 0.2) is 18.2 Å². The molecule has 1 atom stereocenters. The Bertz CT molecular complexity index is 830. The molecule has 0 aliphatic carbocycles. The number of ether oxygens (including phenoxy) is 1. The van der Waals surface area contributed by atoms with Crippen molar-refractivity contribution in [2.75, 3.05) is 14.2 Å². The maximum Gasteiger partial charge on any atom is 0.339 e. The molecular formula is C18H20F2N2O3. The minimum Gasteiger partial charge on any atom is -0.465 e. The number of aromatic nitrogens is 1. The van der Waals surface area contributed by atoms with E-state index in [-0.39, 0.29) is 11.6 Å². The van der Waals surface area contributed by atoms with Crippen LogP contribution in [0.4, 0.5) is 8.78 Å². The van der Waals surface area contributed by atoms with E-state index in [0.29, 0.717) is 22.4 Å². The molecule has 1 N–H and O–H groups in total. The minimum absolute atomic E-state index is 0.259. The number of H-pyrrole nitrogens is 1. The summed E-state index contributed by atoms with van der Waals surface area (Å²) in [5.74, 6) is -2.80. The molecule has 0 spiro atoms. The number of benzene rings is 1. The summed E-state index contributed by atoms with van der Waals surface area (Å²) in [4.78, 5) is 28.9. The smallest absolute Gasteiger partial charge is 0.339 e. The average molecular weight is 350 g/mol. The van der Waals surface area contributed by atoms with Crippen molar-refractivity contribution in [2.45, 2.75) is 26.8 Å². The third-order valence-corrected chi connectivity index (χ3v) is 4.37. The molecule has 1 aromatic carbocycles. The van der Waals surface area contributed by atoms with E-state index in [1.807, 2.05) is 0 Å². The Hall–Kier alpha value is -2.70. The zero-order valence-electron chi connectivity index (χ0n) is 14.7. The van der Waals surface area contributed by atoms with Gasteiger partial charge in [0.1, 0.15) is 5.69 Å². The third kappa shape index (κ3) is 3.40. The standard InChI is InChI=1S/C18H20F2N2O3/c1-9-15(18(24)25-5)10(2)21-16(9)17(23)22(4)11(3)12-6-7-13(19)14(20)8-12/h6-8,11,21H,1-5H3. The molecule has 0 saturated carbocycles. The highest BCUT2D eigenvalue weighted by molar-refractivity contribution is 6.00. The van der Waals surface area contributed by atoms with Crippen molar-refractivity contribution >= 4 is 11.9 Å². The summed E-state index contributed by atoms with van der Waals surface area (Å²) >= 11 is 0. The number of methoxy groups -OCH3 is 1. The normalized spacial score (nSPS) is 12.0. The molecule has 0 aliphatic rings. The summed E-state index contributed by atoms with van der Waals surface area (Å²) in [7, 11) is 2.83. The number of hydrogen-bond donors (Lipinski definition) is 1. The van der Waals surface area contributed by atoms with Crippen LogP contribution in [0, 0.1) is 25.5 Å². The fraction of sp³-hybridized carbons (Fsp3) is 0.333. The number of carbonyl (C=O) groups is 2. The van der Waals surface area contributed by atoms with Gasteiger partial charge in [0.25, 0.3) is 5.91 Å². The van der Waals surface area contributed by atoms with Gasteiger partial charge < -0.3 is 14.6 Å². The predicted octanol–water partition coefficient (Wildman–Crippen LogP) is 3.53. The summed E-state index contributed by atoms with van der Waals surface area (Å²) in [6.45, 7) is 5.03. The number of rotatable bonds is 4. The van der Waals surface area contributed by atoms with Crippen LogP contribution in [0.1, 0.15) is 50.6 Å². The number of esters is 1. The zero-order valence-corrected chi connectivity index (χ0v) is 14.7. The average Bonchev–Trinajstić information content (AvgIpc) is 2.89. The van der Waals surface area contributed by atoms with E-state index in [2.05, 4.69) is 4.98 Å². The van der Waals surface area contributed by atoms with Gasteiger partial charge >= 0.3 is 5.97 Å². The molecule has 1 aromatic heterocycles. The number of hydrogen-bond acceptors (Lipinski definition) is 3. The molecule has 134 valence electrons. The lowest BCUT2D eigenvalue weighted by atomic mass is 10.1. The van der Waals surface area contributed by atoms with Gasteiger partial charge in [-0.05, 0) is 44.0 Å². The lowest BCUT2D eigenvalue weighted by Crippen LogP contribution is -2.30. The van der Waals surface area contributed by atoms with Crippen molar-refractivity contribution in [1.29, 1.82) is 0 Å². The molecule has 0 radical (unpaired) electrons. The second-order valence-electron chi connectivity index (χ2n) is 5.88. The molecule has 1 unspecified atom stereocenters. The maximum atomic E-state index is 13.4. The van der Waals surface area contributed by atoms with Crippen LogP contribution in [0.3, 0.4) is 0 Å². The van der Waals surface area contributed by atoms with E-state index in [1.54, 1.807) is 27.8 Å². The molecule has 7 heteroatoms. The molecule has 1 amide bonds. The second kappa shape index (κ2) is 7.04. The fourth-order valence-electron chi connectivity index (χ4n) is 2.72.